The van der Waals surface area contributed by atoms with Gasteiger partial charge in [0.05, 0.1) is 23.9 Å². The lowest BCUT2D eigenvalue weighted by molar-refractivity contribution is 0.122. The molecule has 0 amide bonds. The van der Waals surface area contributed by atoms with E-state index in [1.54, 1.807) is 6.20 Å². The maximum Gasteiger partial charge on any atom is 0.166 e. The van der Waals surface area contributed by atoms with Crippen molar-refractivity contribution in [1.29, 1.82) is 0 Å². The second-order valence-corrected chi connectivity index (χ2v) is 5.15. The minimum absolute atomic E-state index is 0.740. The van der Waals surface area contributed by atoms with Gasteiger partial charge in [0.2, 0.25) is 0 Å². The molecule has 2 aromatic rings. The molecule has 0 unspecified atom stereocenters. The van der Waals surface area contributed by atoms with Gasteiger partial charge in [-0.1, -0.05) is 30.3 Å². The van der Waals surface area contributed by atoms with Crippen LogP contribution in [-0.2, 0) is 4.74 Å². The molecule has 0 bridgehead atoms. The van der Waals surface area contributed by atoms with E-state index < -0.39 is 0 Å². The zero-order valence-corrected chi connectivity index (χ0v) is 12.0. The molecule has 0 atom stereocenters. The Kier molecular flexibility index (Phi) is 3.75. The fourth-order valence-electron chi connectivity index (χ4n) is 2.16. The molecule has 0 saturated carbocycles. The van der Waals surface area contributed by atoms with Crippen LogP contribution >= 0.6 is 15.9 Å². The van der Waals surface area contributed by atoms with E-state index in [1.165, 1.54) is 0 Å². The van der Waals surface area contributed by atoms with Crippen molar-refractivity contribution in [2.24, 2.45) is 0 Å². The Morgan fingerprint density at radius 2 is 1.84 bits per heavy atom. The highest BCUT2D eigenvalue weighted by molar-refractivity contribution is 9.10. The first-order chi connectivity index (χ1) is 9.36. The number of anilines is 1. The monoisotopic (exact) mass is 319 g/mol. The maximum atomic E-state index is 5.37. The summed E-state index contributed by atoms with van der Waals surface area (Å²) in [6.45, 7) is 3.18. The predicted molar refractivity (Wildman–Crippen MR) is 78.2 cm³/mol. The Morgan fingerprint density at radius 3 is 2.58 bits per heavy atom. The molecule has 1 aromatic carbocycles. The first-order valence-electron chi connectivity index (χ1n) is 6.25. The Balaban J connectivity index is 1.99. The fraction of sp³-hybridized carbons (Fsp3) is 0.286. The number of halogens is 1. The third kappa shape index (κ3) is 2.62. The summed E-state index contributed by atoms with van der Waals surface area (Å²) in [7, 11) is 0. The van der Waals surface area contributed by atoms with Crippen molar-refractivity contribution in [3.05, 3.63) is 41.0 Å². The number of hydrogen-bond donors (Lipinski definition) is 0. The Bertz CT molecular complexity index is 556. The van der Waals surface area contributed by atoms with Gasteiger partial charge in [0.15, 0.2) is 5.82 Å². The second kappa shape index (κ2) is 5.67. The molecule has 1 aliphatic heterocycles. The first kappa shape index (κ1) is 12.6. The molecular formula is C14H14BrN3O. The molecule has 98 valence electrons. The van der Waals surface area contributed by atoms with Crippen LogP contribution in [0.1, 0.15) is 0 Å². The van der Waals surface area contributed by atoms with Crippen molar-refractivity contribution < 1.29 is 4.74 Å². The van der Waals surface area contributed by atoms with Crippen LogP contribution in [-0.4, -0.2) is 36.5 Å². The lowest BCUT2D eigenvalue weighted by Crippen LogP contribution is -2.37. The van der Waals surface area contributed by atoms with Crippen LogP contribution in [0.4, 0.5) is 5.82 Å². The van der Waals surface area contributed by atoms with Gasteiger partial charge in [-0.3, -0.25) is 0 Å². The van der Waals surface area contributed by atoms with Gasteiger partial charge in [-0.2, -0.15) is 5.10 Å². The van der Waals surface area contributed by atoms with Crippen LogP contribution in [0.3, 0.4) is 0 Å². The molecule has 0 radical (unpaired) electrons. The van der Waals surface area contributed by atoms with Crippen molar-refractivity contribution in [3.63, 3.8) is 0 Å². The number of aromatic nitrogens is 2. The Labute approximate surface area is 120 Å². The van der Waals surface area contributed by atoms with Gasteiger partial charge < -0.3 is 9.64 Å². The van der Waals surface area contributed by atoms with Gasteiger partial charge in [0.1, 0.15) is 0 Å². The first-order valence-corrected chi connectivity index (χ1v) is 7.05. The van der Waals surface area contributed by atoms with E-state index in [4.69, 9.17) is 4.74 Å². The summed E-state index contributed by atoms with van der Waals surface area (Å²) < 4.78 is 6.37. The summed E-state index contributed by atoms with van der Waals surface area (Å²) in [4.78, 5) is 2.20. The van der Waals surface area contributed by atoms with E-state index in [1.807, 2.05) is 18.2 Å². The number of hydrogen-bond acceptors (Lipinski definition) is 4. The molecule has 1 saturated heterocycles. The van der Waals surface area contributed by atoms with Crippen LogP contribution in [0.2, 0.25) is 0 Å². The summed E-state index contributed by atoms with van der Waals surface area (Å²) in [5.41, 5.74) is 2.20. The normalized spacial score (nSPS) is 15.5. The summed E-state index contributed by atoms with van der Waals surface area (Å²) in [6, 6.07) is 10.2. The number of ether oxygens (including phenoxy) is 1. The SMILES string of the molecule is Brc1c(-c2ccccc2)cnnc1N1CCOCC1. The smallest absolute Gasteiger partial charge is 0.166 e. The number of rotatable bonds is 2. The van der Waals surface area contributed by atoms with Crippen LogP contribution in [0.5, 0.6) is 0 Å². The fourth-order valence-corrected chi connectivity index (χ4v) is 2.82. The van der Waals surface area contributed by atoms with Gasteiger partial charge in [-0.25, -0.2) is 0 Å². The minimum atomic E-state index is 0.740. The van der Waals surface area contributed by atoms with Crippen molar-refractivity contribution >= 4 is 21.7 Å². The van der Waals surface area contributed by atoms with E-state index >= 15 is 0 Å². The van der Waals surface area contributed by atoms with E-state index in [9.17, 15) is 0 Å². The van der Waals surface area contributed by atoms with E-state index in [2.05, 4.69) is 43.2 Å². The van der Waals surface area contributed by atoms with E-state index in [0.29, 0.717) is 0 Å². The van der Waals surface area contributed by atoms with Crippen LogP contribution in [0, 0.1) is 0 Å². The van der Waals surface area contributed by atoms with Gasteiger partial charge in [-0.05, 0) is 21.5 Å². The number of morpholine rings is 1. The third-order valence-corrected chi connectivity index (χ3v) is 3.95. The molecule has 0 N–H and O–H groups in total. The van der Waals surface area contributed by atoms with Gasteiger partial charge in [-0.15, -0.1) is 5.10 Å². The van der Waals surface area contributed by atoms with Gasteiger partial charge in [0, 0.05) is 18.7 Å². The average Bonchev–Trinajstić information content (AvgIpc) is 2.49. The molecule has 1 aliphatic rings. The highest BCUT2D eigenvalue weighted by Gasteiger charge is 2.18. The molecule has 0 aliphatic carbocycles. The quantitative estimate of drug-likeness (QED) is 0.853. The van der Waals surface area contributed by atoms with Crippen molar-refractivity contribution in [2.75, 3.05) is 31.2 Å². The zero-order valence-electron chi connectivity index (χ0n) is 10.4. The standard InChI is InChI=1S/C14H14BrN3O/c15-13-12(11-4-2-1-3-5-11)10-16-17-14(13)18-6-8-19-9-7-18/h1-5,10H,6-9H2. The van der Waals surface area contributed by atoms with E-state index in [0.717, 1.165) is 47.7 Å². The predicted octanol–water partition coefficient (Wildman–Crippen LogP) is 2.74. The lowest BCUT2D eigenvalue weighted by atomic mass is 10.1. The Hall–Kier alpha value is -1.46. The average molecular weight is 320 g/mol. The van der Waals surface area contributed by atoms with Crippen molar-refractivity contribution in [1.82, 2.24) is 10.2 Å². The molecule has 2 heterocycles. The minimum Gasteiger partial charge on any atom is -0.378 e. The zero-order chi connectivity index (χ0) is 13.1. The van der Waals surface area contributed by atoms with E-state index in [-0.39, 0.29) is 0 Å². The van der Waals surface area contributed by atoms with Crippen LogP contribution < -0.4 is 4.90 Å². The molecule has 1 fully saturated rings. The topological polar surface area (TPSA) is 38.2 Å². The molecular weight excluding hydrogens is 306 g/mol. The van der Waals surface area contributed by atoms with Crippen molar-refractivity contribution in [3.8, 4) is 11.1 Å². The molecule has 19 heavy (non-hydrogen) atoms. The van der Waals surface area contributed by atoms with Gasteiger partial charge >= 0.3 is 0 Å². The molecule has 4 nitrogen and oxygen atoms in total. The Morgan fingerprint density at radius 1 is 1.11 bits per heavy atom. The number of nitrogens with zero attached hydrogens (tertiary/aromatic N) is 3. The molecule has 5 heteroatoms. The molecule has 3 rings (SSSR count). The summed E-state index contributed by atoms with van der Waals surface area (Å²) in [5, 5.41) is 8.40. The summed E-state index contributed by atoms with van der Waals surface area (Å²) >= 11 is 3.67. The summed E-state index contributed by atoms with van der Waals surface area (Å²) in [5.74, 6) is 0.893. The summed E-state index contributed by atoms with van der Waals surface area (Å²) in [6.07, 6.45) is 1.80. The number of benzene rings is 1. The maximum absolute atomic E-state index is 5.37. The van der Waals surface area contributed by atoms with Crippen molar-refractivity contribution in [2.45, 2.75) is 0 Å². The molecule has 0 spiro atoms. The molecule has 1 aromatic heterocycles. The second-order valence-electron chi connectivity index (χ2n) is 4.36. The van der Waals surface area contributed by atoms with Crippen LogP contribution in [0.15, 0.2) is 41.0 Å². The largest absolute Gasteiger partial charge is 0.378 e. The third-order valence-electron chi connectivity index (χ3n) is 3.17. The lowest BCUT2D eigenvalue weighted by Gasteiger charge is -2.28. The van der Waals surface area contributed by atoms with Gasteiger partial charge in [0.25, 0.3) is 0 Å². The van der Waals surface area contributed by atoms with Crippen LogP contribution in [0.25, 0.3) is 11.1 Å². The highest BCUT2D eigenvalue weighted by atomic mass is 79.9. The highest BCUT2D eigenvalue weighted by Crippen LogP contribution is 2.33.